The zero-order chi connectivity index (χ0) is 14.0. The van der Waals surface area contributed by atoms with Gasteiger partial charge in [-0.3, -0.25) is 0 Å². The number of aromatic nitrogens is 1. The van der Waals surface area contributed by atoms with Gasteiger partial charge in [0.05, 0.1) is 10.7 Å². The maximum atomic E-state index is 9.85. The summed E-state index contributed by atoms with van der Waals surface area (Å²) in [5.74, 6) is 0.940. The van der Waals surface area contributed by atoms with Crippen LogP contribution in [-0.2, 0) is 6.54 Å². The fourth-order valence-electron chi connectivity index (χ4n) is 2.18. The summed E-state index contributed by atoms with van der Waals surface area (Å²) in [6.45, 7) is 6.37. The minimum absolute atomic E-state index is 0.0876. The van der Waals surface area contributed by atoms with Crippen LogP contribution in [0.4, 0.5) is 0 Å². The van der Waals surface area contributed by atoms with Crippen molar-refractivity contribution in [1.29, 1.82) is 0 Å². The van der Waals surface area contributed by atoms with Crippen molar-refractivity contribution in [3.8, 4) is 5.75 Å². The molecule has 0 amide bonds. The Morgan fingerprint density at radius 1 is 1.42 bits per heavy atom. The summed E-state index contributed by atoms with van der Waals surface area (Å²) < 4.78 is 5.15. The molecule has 0 spiro atoms. The van der Waals surface area contributed by atoms with Crippen LogP contribution in [0.15, 0.2) is 22.7 Å². The highest BCUT2D eigenvalue weighted by molar-refractivity contribution is 6.32. The normalized spacial score (nSPS) is 12.6. The third-order valence-corrected chi connectivity index (χ3v) is 3.50. The van der Waals surface area contributed by atoms with Gasteiger partial charge in [0.1, 0.15) is 11.5 Å². The van der Waals surface area contributed by atoms with Crippen molar-refractivity contribution < 1.29 is 9.63 Å². The molecule has 1 unspecified atom stereocenters. The molecule has 0 aliphatic carbocycles. The third kappa shape index (κ3) is 2.91. The molecule has 0 aliphatic rings. The van der Waals surface area contributed by atoms with Gasteiger partial charge in [0.25, 0.3) is 0 Å². The van der Waals surface area contributed by atoms with Crippen molar-refractivity contribution in [2.45, 2.75) is 33.4 Å². The minimum atomic E-state index is 0.0876. The lowest BCUT2D eigenvalue weighted by Crippen LogP contribution is -2.19. The average Bonchev–Trinajstić information content (AvgIpc) is 2.71. The van der Waals surface area contributed by atoms with E-state index in [0.717, 1.165) is 22.6 Å². The number of aromatic hydroxyl groups is 1. The SMILES string of the molecule is Cc1noc(C)c1C(C)NCc1cccc(Cl)c1O. The fourth-order valence-corrected chi connectivity index (χ4v) is 2.37. The summed E-state index contributed by atoms with van der Waals surface area (Å²) >= 11 is 5.88. The topological polar surface area (TPSA) is 58.3 Å². The molecule has 2 aromatic rings. The van der Waals surface area contributed by atoms with Gasteiger partial charge in [-0.1, -0.05) is 28.9 Å². The smallest absolute Gasteiger partial charge is 0.138 e. The van der Waals surface area contributed by atoms with E-state index in [4.69, 9.17) is 16.1 Å². The van der Waals surface area contributed by atoms with Crippen LogP contribution in [0.5, 0.6) is 5.75 Å². The van der Waals surface area contributed by atoms with Crippen molar-refractivity contribution in [2.75, 3.05) is 0 Å². The highest BCUT2D eigenvalue weighted by atomic mass is 35.5. The summed E-state index contributed by atoms with van der Waals surface area (Å²) in [5, 5.41) is 17.5. The van der Waals surface area contributed by atoms with E-state index in [0.29, 0.717) is 11.6 Å². The van der Waals surface area contributed by atoms with E-state index >= 15 is 0 Å². The first-order chi connectivity index (χ1) is 9.00. The van der Waals surface area contributed by atoms with Crippen molar-refractivity contribution in [3.05, 3.63) is 45.8 Å². The Balaban J connectivity index is 2.09. The molecule has 0 radical (unpaired) electrons. The van der Waals surface area contributed by atoms with Gasteiger partial charge in [0.15, 0.2) is 0 Å². The van der Waals surface area contributed by atoms with Gasteiger partial charge in [0, 0.05) is 23.7 Å². The molecule has 0 bridgehead atoms. The average molecular weight is 281 g/mol. The molecule has 0 saturated carbocycles. The van der Waals surface area contributed by atoms with E-state index in [1.54, 1.807) is 6.07 Å². The summed E-state index contributed by atoms with van der Waals surface area (Å²) in [6, 6.07) is 5.41. The van der Waals surface area contributed by atoms with Crippen molar-refractivity contribution >= 4 is 11.6 Å². The highest BCUT2D eigenvalue weighted by Crippen LogP contribution is 2.28. The first kappa shape index (κ1) is 13.9. The van der Waals surface area contributed by atoms with Gasteiger partial charge in [-0.2, -0.15) is 0 Å². The van der Waals surface area contributed by atoms with Gasteiger partial charge in [0.2, 0.25) is 0 Å². The third-order valence-electron chi connectivity index (χ3n) is 3.19. The standard InChI is InChI=1S/C14H17ClN2O2/c1-8(13-9(2)17-19-10(13)3)16-7-11-5-4-6-12(15)14(11)18/h4-6,8,16,18H,7H2,1-3H3. The quantitative estimate of drug-likeness (QED) is 0.900. The minimum Gasteiger partial charge on any atom is -0.506 e. The number of aryl methyl sites for hydroxylation is 2. The second kappa shape index (κ2) is 5.63. The molecular weight excluding hydrogens is 264 g/mol. The number of phenolic OH excluding ortho intramolecular Hbond substituents is 1. The second-order valence-corrected chi connectivity index (χ2v) is 5.00. The Morgan fingerprint density at radius 2 is 2.16 bits per heavy atom. The molecule has 5 heteroatoms. The van der Waals surface area contributed by atoms with Crippen molar-refractivity contribution in [1.82, 2.24) is 10.5 Å². The maximum absolute atomic E-state index is 9.85. The number of phenols is 1. The molecule has 4 nitrogen and oxygen atoms in total. The number of hydrogen-bond acceptors (Lipinski definition) is 4. The zero-order valence-electron chi connectivity index (χ0n) is 11.2. The van der Waals surface area contributed by atoms with Crippen LogP contribution >= 0.6 is 11.6 Å². The van der Waals surface area contributed by atoms with Crippen LogP contribution in [0.3, 0.4) is 0 Å². The molecule has 19 heavy (non-hydrogen) atoms. The highest BCUT2D eigenvalue weighted by Gasteiger charge is 2.16. The predicted octanol–water partition coefficient (Wildman–Crippen LogP) is 3.50. The Hall–Kier alpha value is -1.52. The van der Waals surface area contributed by atoms with Gasteiger partial charge in [-0.05, 0) is 26.8 Å². The lowest BCUT2D eigenvalue weighted by molar-refractivity contribution is 0.390. The molecule has 2 N–H and O–H groups in total. The number of rotatable bonds is 4. The molecule has 1 heterocycles. The van der Waals surface area contributed by atoms with E-state index in [9.17, 15) is 5.11 Å². The number of nitrogens with zero attached hydrogens (tertiary/aromatic N) is 1. The molecule has 1 aromatic heterocycles. The maximum Gasteiger partial charge on any atom is 0.138 e. The van der Waals surface area contributed by atoms with E-state index < -0.39 is 0 Å². The predicted molar refractivity (Wildman–Crippen MR) is 74.3 cm³/mol. The Morgan fingerprint density at radius 3 is 2.79 bits per heavy atom. The van der Waals surface area contributed by atoms with Gasteiger partial charge >= 0.3 is 0 Å². The Labute approximate surface area is 117 Å². The van der Waals surface area contributed by atoms with Crippen LogP contribution < -0.4 is 5.32 Å². The summed E-state index contributed by atoms with van der Waals surface area (Å²) in [7, 11) is 0. The molecule has 0 saturated heterocycles. The number of hydrogen-bond donors (Lipinski definition) is 2. The summed E-state index contributed by atoms with van der Waals surface area (Å²) in [6.07, 6.45) is 0. The van der Waals surface area contributed by atoms with E-state index in [-0.39, 0.29) is 11.8 Å². The number of para-hydroxylation sites is 1. The van der Waals surface area contributed by atoms with E-state index in [1.807, 2.05) is 32.9 Å². The van der Waals surface area contributed by atoms with Crippen LogP contribution in [0.1, 0.15) is 35.5 Å². The largest absolute Gasteiger partial charge is 0.506 e. The summed E-state index contributed by atoms with van der Waals surface area (Å²) in [5.41, 5.74) is 2.71. The zero-order valence-corrected chi connectivity index (χ0v) is 12.0. The Kier molecular flexibility index (Phi) is 4.12. The molecular formula is C14H17ClN2O2. The van der Waals surface area contributed by atoms with E-state index in [1.165, 1.54) is 0 Å². The molecule has 102 valence electrons. The first-order valence-corrected chi connectivity index (χ1v) is 6.51. The van der Waals surface area contributed by atoms with Gasteiger partial charge < -0.3 is 14.9 Å². The lowest BCUT2D eigenvalue weighted by atomic mass is 10.1. The van der Waals surface area contributed by atoms with Crippen molar-refractivity contribution in [3.63, 3.8) is 0 Å². The summed E-state index contributed by atoms with van der Waals surface area (Å²) in [4.78, 5) is 0. The lowest BCUT2D eigenvalue weighted by Gasteiger charge is -2.14. The van der Waals surface area contributed by atoms with E-state index in [2.05, 4.69) is 10.5 Å². The van der Waals surface area contributed by atoms with Crippen LogP contribution in [0.2, 0.25) is 5.02 Å². The van der Waals surface area contributed by atoms with Crippen LogP contribution in [0.25, 0.3) is 0 Å². The number of benzene rings is 1. The number of nitrogens with one attached hydrogen (secondary N) is 1. The monoisotopic (exact) mass is 280 g/mol. The Bertz CT molecular complexity index is 561. The molecule has 1 atom stereocenters. The number of halogens is 1. The fraction of sp³-hybridized carbons (Fsp3) is 0.357. The van der Waals surface area contributed by atoms with Crippen molar-refractivity contribution in [2.24, 2.45) is 0 Å². The van der Waals surface area contributed by atoms with Crippen LogP contribution in [-0.4, -0.2) is 10.3 Å². The van der Waals surface area contributed by atoms with Crippen LogP contribution in [0, 0.1) is 13.8 Å². The molecule has 0 aliphatic heterocycles. The van der Waals surface area contributed by atoms with Gasteiger partial charge in [-0.25, -0.2) is 0 Å². The molecule has 0 fully saturated rings. The first-order valence-electron chi connectivity index (χ1n) is 6.13. The molecule has 2 rings (SSSR count). The molecule has 1 aromatic carbocycles. The second-order valence-electron chi connectivity index (χ2n) is 4.59. The van der Waals surface area contributed by atoms with Gasteiger partial charge in [-0.15, -0.1) is 0 Å².